The molecule has 1 heterocycles. The van der Waals surface area contributed by atoms with Gasteiger partial charge >= 0.3 is 0 Å². The number of nitrogens with one attached hydrogen (secondary N) is 1. The van der Waals surface area contributed by atoms with E-state index in [-0.39, 0.29) is 0 Å². The lowest BCUT2D eigenvalue weighted by atomic mass is 9.99. The average Bonchev–Trinajstić information content (AvgIpc) is 2.76. The van der Waals surface area contributed by atoms with Gasteiger partial charge < -0.3 is 10.2 Å². The molecule has 0 bridgehead atoms. The zero-order valence-electron chi connectivity index (χ0n) is 14.1. The summed E-state index contributed by atoms with van der Waals surface area (Å²) in [6, 6.07) is 9.54. The molecule has 0 aromatic heterocycles. The largest absolute Gasteiger partial charge is 0.309 e. The normalized spacial score (nSPS) is 18.7. The van der Waals surface area contributed by atoms with E-state index in [1.54, 1.807) is 0 Å². The first-order valence-corrected chi connectivity index (χ1v) is 8.72. The highest BCUT2D eigenvalue weighted by molar-refractivity contribution is 5.26. The molecule has 0 radical (unpaired) electrons. The minimum absolute atomic E-state index is 0.443. The topological polar surface area (TPSA) is 15.3 Å². The van der Waals surface area contributed by atoms with Crippen LogP contribution in [0.25, 0.3) is 0 Å². The van der Waals surface area contributed by atoms with E-state index < -0.39 is 0 Å². The number of nitrogens with zero attached hydrogens (tertiary/aromatic N) is 1. The molecule has 1 fully saturated rings. The maximum atomic E-state index is 3.67. The van der Waals surface area contributed by atoms with Crippen LogP contribution in [0.4, 0.5) is 0 Å². The molecule has 1 atom stereocenters. The van der Waals surface area contributed by atoms with Gasteiger partial charge in [-0.05, 0) is 49.9 Å². The molecule has 1 N–H and O–H groups in total. The Morgan fingerprint density at radius 3 is 2.05 bits per heavy atom. The lowest BCUT2D eigenvalue weighted by Crippen LogP contribution is -2.33. The second-order valence-electron chi connectivity index (χ2n) is 6.75. The van der Waals surface area contributed by atoms with Crippen LogP contribution in [0.15, 0.2) is 24.3 Å². The molecule has 2 heteroatoms. The Morgan fingerprint density at radius 2 is 1.48 bits per heavy atom. The molecule has 1 aliphatic rings. The Hall–Kier alpha value is -0.860. The molecule has 0 amide bonds. The van der Waals surface area contributed by atoms with Gasteiger partial charge in [0.05, 0.1) is 0 Å². The van der Waals surface area contributed by atoms with E-state index in [0.29, 0.717) is 12.0 Å². The molecule has 1 unspecified atom stereocenters. The van der Waals surface area contributed by atoms with E-state index in [2.05, 4.69) is 55.3 Å². The van der Waals surface area contributed by atoms with Crippen molar-refractivity contribution in [2.24, 2.45) is 0 Å². The lowest BCUT2D eigenvalue weighted by molar-refractivity contribution is 0.280. The van der Waals surface area contributed by atoms with Crippen molar-refractivity contribution in [2.45, 2.75) is 58.4 Å². The third kappa shape index (κ3) is 5.44. The van der Waals surface area contributed by atoms with Gasteiger partial charge in [0.2, 0.25) is 0 Å². The van der Waals surface area contributed by atoms with E-state index in [4.69, 9.17) is 0 Å². The smallest absolute Gasteiger partial charge is 0.0292 e. The fourth-order valence-electron chi connectivity index (χ4n) is 3.09. The highest BCUT2D eigenvalue weighted by Gasteiger charge is 2.10. The van der Waals surface area contributed by atoms with Crippen LogP contribution in [0.5, 0.6) is 0 Å². The molecule has 2 nitrogen and oxygen atoms in total. The molecule has 0 aliphatic carbocycles. The molecular weight excluding hydrogens is 256 g/mol. The summed E-state index contributed by atoms with van der Waals surface area (Å²) >= 11 is 0. The minimum Gasteiger partial charge on any atom is -0.309 e. The Bertz CT molecular complexity index is 389. The Labute approximate surface area is 130 Å². The second kappa shape index (κ2) is 8.55. The SMILES string of the molecule is CC(C)c1ccc(C(C)NCCN2CCCCCC2)cc1. The van der Waals surface area contributed by atoms with Crippen LogP contribution in [0.1, 0.15) is 69.5 Å². The van der Waals surface area contributed by atoms with Gasteiger partial charge in [0.25, 0.3) is 0 Å². The van der Waals surface area contributed by atoms with Crippen molar-refractivity contribution in [3.63, 3.8) is 0 Å². The van der Waals surface area contributed by atoms with E-state index in [1.165, 1.54) is 56.4 Å². The summed E-state index contributed by atoms with van der Waals surface area (Å²) in [6.45, 7) is 11.6. The molecule has 2 rings (SSSR count). The zero-order valence-corrected chi connectivity index (χ0v) is 14.1. The van der Waals surface area contributed by atoms with Crippen molar-refractivity contribution >= 4 is 0 Å². The van der Waals surface area contributed by atoms with Crippen LogP contribution in [0.3, 0.4) is 0 Å². The second-order valence-corrected chi connectivity index (χ2v) is 6.75. The summed E-state index contributed by atoms with van der Waals surface area (Å²) in [6.07, 6.45) is 5.60. The van der Waals surface area contributed by atoms with Crippen LogP contribution in [0.2, 0.25) is 0 Å². The van der Waals surface area contributed by atoms with Crippen LogP contribution in [0, 0.1) is 0 Å². The molecule has 21 heavy (non-hydrogen) atoms. The van der Waals surface area contributed by atoms with Gasteiger partial charge in [0.1, 0.15) is 0 Å². The van der Waals surface area contributed by atoms with Crippen LogP contribution < -0.4 is 5.32 Å². The van der Waals surface area contributed by atoms with Gasteiger partial charge in [-0.2, -0.15) is 0 Å². The van der Waals surface area contributed by atoms with Crippen molar-refractivity contribution in [2.75, 3.05) is 26.2 Å². The third-order valence-electron chi connectivity index (χ3n) is 4.68. The third-order valence-corrected chi connectivity index (χ3v) is 4.68. The highest BCUT2D eigenvalue weighted by atomic mass is 15.1. The fraction of sp³-hybridized carbons (Fsp3) is 0.684. The first-order valence-electron chi connectivity index (χ1n) is 8.72. The molecular formula is C19H32N2. The predicted octanol–water partition coefficient (Wildman–Crippen LogP) is 4.34. The summed E-state index contributed by atoms with van der Waals surface area (Å²) in [4.78, 5) is 2.62. The van der Waals surface area contributed by atoms with Gasteiger partial charge in [-0.3, -0.25) is 0 Å². The lowest BCUT2D eigenvalue weighted by Gasteiger charge is -2.22. The minimum atomic E-state index is 0.443. The van der Waals surface area contributed by atoms with Gasteiger partial charge in [-0.1, -0.05) is 51.0 Å². The van der Waals surface area contributed by atoms with Crippen molar-refractivity contribution in [3.05, 3.63) is 35.4 Å². The summed E-state index contributed by atoms with van der Waals surface area (Å²) in [5, 5.41) is 3.67. The molecule has 1 aliphatic heterocycles. The number of rotatable bonds is 6. The van der Waals surface area contributed by atoms with Crippen LogP contribution in [-0.2, 0) is 0 Å². The molecule has 118 valence electrons. The monoisotopic (exact) mass is 288 g/mol. The molecule has 0 spiro atoms. The Kier molecular flexibility index (Phi) is 6.72. The van der Waals surface area contributed by atoms with Crippen molar-refractivity contribution < 1.29 is 0 Å². The van der Waals surface area contributed by atoms with Crippen molar-refractivity contribution in [1.29, 1.82) is 0 Å². The van der Waals surface area contributed by atoms with E-state index >= 15 is 0 Å². The van der Waals surface area contributed by atoms with Crippen molar-refractivity contribution in [3.8, 4) is 0 Å². The number of hydrogen-bond acceptors (Lipinski definition) is 2. The van der Waals surface area contributed by atoms with Gasteiger partial charge in [0, 0.05) is 19.1 Å². The van der Waals surface area contributed by atoms with Crippen molar-refractivity contribution in [1.82, 2.24) is 10.2 Å². The highest BCUT2D eigenvalue weighted by Crippen LogP contribution is 2.18. The summed E-state index contributed by atoms with van der Waals surface area (Å²) < 4.78 is 0. The first kappa shape index (κ1) is 16.5. The van der Waals surface area contributed by atoms with Gasteiger partial charge in [-0.25, -0.2) is 0 Å². The van der Waals surface area contributed by atoms with Crippen LogP contribution >= 0.6 is 0 Å². The summed E-state index contributed by atoms with van der Waals surface area (Å²) in [5.41, 5.74) is 2.82. The van der Waals surface area contributed by atoms with Gasteiger partial charge in [0.15, 0.2) is 0 Å². The standard InChI is InChI=1S/C19H32N2/c1-16(2)18-8-10-19(11-9-18)17(3)20-12-15-21-13-6-4-5-7-14-21/h8-11,16-17,20H,4-7,12-15H2,1-3H3. The molecule has 1 saturated heterocycles. The molecule has 0 saturated carbocycles. The van der Waals surface area contributed by atoms with E-state index in [9.17, 15) is 0 Å². The van der Waals surface area contributed by atoms with Gasteiger partial charge in [-0.15, -0.1) is 0 Å². The fourth-order valence-corrected chi connectivity index (χ4v) is 3.09. The summed E-state index contributed by atoms with van der Waals surface area (Å²) in [7, 11) is 0. The molecule has 1 aromatic carbocycles. The van der Waals surface area contributed by atoms with E-state index in [1.807, 2.05) is 0 Å². The molecule has 1 aromatic rings. The maximum absolute atomic E-state index is 3.67. The number of likely N-dealkylation sites (tertiary alicyclic amines) is 1. The zero-order chi connectivity index (χ0) is 15.1. The quantitative estimate of drug-likeness (QED) is 0.838. The number of benzene rings is 1. The average molecular weight is 288 g/mol. The predicted molar refractivity (Wildman–Crippen MR) is 91.9 cm³/mol. The van der Waals surface area contributed by atoms with E-state index in [0.717, 1.165) is 6.54 Å². The number of hydrogen-bond donors (Lipinski definition) is 1. The Balaban J connectivity index is 1.74. The first-order chi connectivity index (χ1) is 10.2. The van der Waals surface area contributed by atoms with Crippen LogP contribution in [-0.4, -0.2) is 31.1 Å². The summed E-state index contributed by atoms with van der Waals surface area (Å²) in [5.74, 6) is 0.616. The Morgan fingerprint density at radius 1 is 0.905 bits per heavy atom. The maximum Gasteiger partial charge on any atom is 0.0292 e.